The van der Waals surface area contributed by atoms with Gasteiger partial charge in [-0.2, -0.15) is 26.7 Å². The van der Waals surface area contributed by atoms with Crippen LogP contribution in [0.2, 0.25) is 36.3 Å². The van der Waals surface area contributed by atoms with Crippen LogP contribution in [0.3, 0.4) is 0 Å². The smallest absolute Gasteiger partial charge is 0.489 e. The van der Waals surface area contributed by atoms with E-state index in [4.69, 9.17) is 9.16 Å². The zero-order valence-electron chi connectivity index (χ0n) is 25.8. The molecule has 236 valence electrons. The van der Waals surface area contributed by atoms with E-state index in [9.17, 15) is 21.6 Å². The zero-order valence-corrected chi connectivity index (χ0v) is 32.4. The van der Waals surface area contributed by atoms with Gasteiger partial charge >= 0.3 is 15.6 Å². The van der Waals surface area contributed by atoms with Crippen LogP contribution in [-0.2, 0) is 18.4 Å². The first-order valence-electron chi connectivity index (χ1n) is 12.9. The molecule has 0 fully saturated rings. The summed E-state index contributed by atoms with van der Waals surface area (Å²) in [6.45, 7) is 23.8. The van der Waals surface area contributed by atoms with Crippen molar-refractivity contribution in [2.45, 2.75) is 103 Å². The minimum atomic E-state index is -5.48. The van der Waals surface area contributed by atoms with Gasteiger partial charge in [-0.3, -0.25) is 0 Å². The van der Waals surface area contributed by atoms with Crippen LogP contribution in [-0.4, -0.2) is 52.5 Å². The van der Waals surface area contributed by atoms with Gasteiger partial charge in [-0.15, -0.1) is 0 Å². The first kappa shape index (κ1) is 38.6. The third-order valence-corrected chi connectivity index (χ3v) is 20.0. The van der Waals surface area contributed by atoms with Crippen molar-refractivity contribution >= 4 is 65.3 Å². The molecule has 0 aliphatic rings. The van der Waals surface area contributed by atoms with Crippen LogP contribution in [0.1, 0.15) is 55.4 Å². The standard InChI is InChI=1S/C19H28BrIN2O2Si.C7H15F3O3SSi/c1-18(2,3)26(6,7)25-19(4,5)13-24-17-12-16(15(21)11-14(17)20)23-10-8-9-22-23;1-6(2,3)15(4,5)13-14(11,12)7(8,9)10/h8-12H,13H2,1-7H3;1-5H3. The quantitative estimate of drug-likeness (QED) is 0.150. The number of hydrogen-bond acceptors (Lipinski definition) is 6. The maximum Gasteiger partial charge on any atom is 0.522 e. The normalized spacial score (nSPS) is 14.0. The van der Waals surface area contributed by atoms with Crippen molar-refractivity contribution in [3.63, 3.8) is 0 Å². The van der Waals surface area contributed by atoms with Gasteiger partial charge in [0, 0.05) is 22.0 Å². The van der Waals surface area contributed by atoms with Crippen molar-refractivity contribution in [2.24, 2.45) is 0 Å². The molecule has 0 saturated heterocycles. The van der Waals surface area contributed by atoms with Gasteiger partial charge < -0.3 is 13.0 Å². The summed E-state index contributed by atoms with van der Waals surface area (Å²) in [7, 11) is -10.3. The van der Waals surface area contributed by atoms with Gasteiger partial charge in [0.25, 0.3) is 0 Å². The molecular formula is C26H43BrF3IN2O5SSi2. The van der Waals surface area contributed by atoms with Crippen molar-refractivity contribution in [2.75, 3.05) is 6.61 Å². The first-order chi connectivity index (χ1) is 18.0. The number of benzene rings is 1. The minimum Gasteiger partial charge on any atom is -0.489 e. The number of hydrogen-bond donors (Lipinski definition) is 0. The topological polar surface area (TPSA) is 79.7 Å². The lowest BCUT2D eigenvalue weighted by Gasteiger charge is -2.42. The Bertz CT molecular complexity index is 1280. The van der Waals surface area contributed by atoms with E-state index in [0.29, 0.717) is 6.61 Å². The number of nitrogens with zero attached hydrogens (tertiary/aromatic N) is 2. The molecule has 0 N–H and O–H groups in total. The summed E-state index contributed by atoms with van der Waals surface area (Å²) in [6.07, 6.45) is 3.70. The van der Waals surface area contributed by atoms with Crippen LogP contribution in [0.15, 0.2) is 35.1 Å². The van der Waals surface area contributed by atoms with E-state index < -0.39 is 37.3 Å². The highest BCUT2D eigenvalue weighted by Gasteiger charge is 2.53. The lowest BCUT2D eigenvalue weighted by Crippen LogP contribution is -2.49. The predicted octanol–water partition coefficient (Wildman–Crippen LogP) is 9.28. The van der Waals surface area contributed by atoms with Crippen LogP contribution >= 0.6 is 38.5 Å². The summed E-state index contributed by atoms with van der Waals surface area (Å²) in [4.78, 5) is 0. The largest absolute Gasteiger partial charge is 0.522 e. The van der Waals surface area contributed by atoms with Crippen molar-refractivity contribution in [3.05, 3.63) is 38.6 Å². The average molecular weight is 816 g/mol. The van der Waals surface area contributed by atoms with E-state index in [2.05, 4.69) is 101 Å². The van der Waals surface area contributed by atoms with E-state index >= 15 is 0 Å². The van der Waals surface area contributed by atoms with E-state index in [1.807, 2.05) is 23.0 Å². The van der Waals surface area contributed by atoms with E-state index in [1.54, 1.807) is 27.0 Å². The Morgan fingerprint density at radius 3 is 1.88 bits per heavy atom. The van der Waals surface area contributed by atoms with Gasteiger partial charge in [0.1, 0.15) is 12.4 Å². The maximum atomic E-state index is 12.1. The molecule has 0 aliphatic heterocycles. The molecule has 1 aromatic heterocycles. The first-order valence-corrected chi connectivity index (χ1v) is 22.0. The molecule has 0 aliphatic carbocycles. The van der Waals surface area contributed by atoms with Gasteiger partial charge in [0.2, 0.25) is 8.32 Å². The second-order valence-electron chi connectivity index (χ2n) is 13.3. The number of rotatable bonds is 8. The number of alkyl halides is 3. The summed E-state index contributed by atoms with van der Waals surface area (Å²) in [5.41, 5.74) is -4.71. The minimum absolute atomic E-state index is 0.168. The monoisotopic (exact) mass is 814 g/mol. The Labute approximate surface area is 267 Å². The van der Waals surface area contributed by atoms with Gasteiger partial charge in [0.05, 0.1) is 15.8 Å². The highest BCUT2D eigenvalue weighted by Crippen LogP contribution is 2.41. The van der Waals surface area contributed by atoms with Crippen LogP contribution in [0.5, 0.6) is 5.75 Å². The summed E-state index contributed by atoms with van der Waals surface area (Å²) in [6, 6.07) is 5.98. The Kier molecular flexibility index (Phi) is 12.5. The molecule has 0 spiro atoms. The van der Waals surface area contributed by atoms with Crippen molar-refractivity contribution in [3.8, 4) is 11.4 Å². The predicted molar refractivity (Wildman–Crippen MR) is 175 cm³/mol. The molecule has 0 unspecified atom stereocenters. The van der Waals surface area contributed by atoms with Crippen LogP contribution in [0.4, 0.5) is 13.2 Å². The molecule has 1 heterocycles. The molecule has 7 nitrogen and oxygen atoms in total. The Morgan fingerprint density at radius 2 is 1.46 bits per heavy atom. The highest BCUT2D eigenvalue weighted by molar-refractivity contribution is 14.1. The fourth-order valence-electron chi connectivity index (χ4n) is 2.79. The van der Waals surface area contributed by atoms with E-state index in [1.165, 1.54) is 13.1 Å². The van der Waals surface area contributed by atoms with Crippen molar-refractivity contribution < 1.29 is 34.6 Å². The molecule has 2 aromatic rings. The van der Waals surface area contributed by atoms with Gasteiger partial charge in [0.15, 0.2) is 8.32 Å². The number of halogens is 5. The van der Waals surface area contributed by atoms with Gasteiger partial charge in [-0.1, -0.05) is 41.5 Å². The molecule has 2 rings (SSSR count). The number of aromatic nitrogens is 2. The van der Waals surface area contributed by atoms with E-state index in [-0.39, 0.29) is 10.6 Å². The summed E-state index contributed by atoms with van der Waals surface area (Å²) < 4.78 is 78.7. The summed E-state index contributed by atoms with van der Waals surface area (Å²) in [5.74, 6) is 0.794. The van der Waals surface area contributed by atoms with Gasteiger partial charge in [-0.25, -0.2) is 4.68 Å². The third-order valence-electron chi connectivity index (χ3n) is 7.07. The van der Waals surface area contributed by atoms with Crippen LogP contribution in [0.25, 0.3) is 5.69 Å². The summed E-state index contributed by atoms with van der Waals surface area (Å²) >= 11 is 5.92. The lowest BCUT2D eigenvalue weighted by atomic mass is 10.2. The SMILES string of the molecule is CC(C)(C)[Si](C)(C)OS(=O)(=O)C(F)(F)F.CC(C)(COc1cc(-n2cccn2)c(I)cc1Br)O[Si](C)(C)C(C)(C)C. The fraction of sp³-hybridized carbons (Fsp3) is 0.654. The molecule has 15 heteroatoms. The van der Waals surface area contributed by atoms with Crippen molar-refractivity contribution in [1.29, 1.82) is 0 Å². The molecule has 1 aromatic carbocycles. The molecule has 0 amide bonds. The fourth-order valence-corrected chi connectivity index (χ4v) is 9.71. The van der Waals surface area contributed by atoms with Crippen LogP contribution in [0, 0.1) is 3.57 Å². The highest BCUT2D eigenvalue weighted by atomic mass is 127. The second kappa shape index (κ2) is 13.3. The van der Waals surface area contributed by atoms with Crippen LogP contribution < -0.4 is 4.74 Å². The molecule has 0 atom stereocenters. The number of ether oxygens (including phenoxy) is 1. The van der Waals surface area contributed by atoms with E-state index in [0.717, 1.165) is 19.5 Å². The molecule has 0 bridgehead atoms. The molecular weight excluding hydrogens is 772 g/mol. The zero-order chi connectivity index (χ0) is 32.5. The molecule has 41 heavy (non-hydrogen) atoms. The van der Waals surface area contributed by atoms with Gasteiger partial charge in [-0.05, 0) is 101 Å². The Balaban J connectivity index is 0.000000479. The Morgan fingerprint density at radius 1 is 0.951 bits per heavy atom. The lowest BCUT2D eigenvalue weighted by molar-refractivity contribution is -0.0504. The Hall–Kier alpha value is -0.466. The maximum absolute atomic E-state index is 12.1. The average Bonchev–Trinajstić information content (AvgIpc) is 3.24. The molecule has 0 saturated carbocycles. The third kappa shape index (κ3) is 10.9. The summed E-state index contributed by atoms with van der Waals surface area (Å²) in [5, 5.41) is 3.90. The second-order valence-corrected chi connectivity index (χ2v) is 26.6. The van der Waals surface area contributed by atoms with Crippen molar-refractivity contribution in [1.82, 2.24) is 9.78 Å². The molecule has 0 radical (unpaired) electrons.